The molecule has 0 saturated heterocycles. The molecule has 1 aliphatic rings. The maximum Gasteiger partial charge on any atom is 0.367 e. The molecule has 1 aliphatic carbocycles. The van der Waals surface area contributed by atoms with Crippen molar-refractivity contribution in [2.45, 2.75) is 12.8 Å². The Labute approximate surface area is 161 Å². The van der Waals surface area contributed by atoms with Gasteiger partial charge in [-0.15, -0.1) is 0 Å². The molecular weight excluding hydrogens is 428 g/mol. The van der Waals surface area contributed by atoms with Gasteiger partial charge in [-0.05, 0) is 36.6 Å². The highest BCUT2D eigenvalue weighted by Crippen LogP contribution is 2.36. The first-order valence-electron chi connectivity index (χ1n) is 7.50. The van der Waals surface area contributed by atoms with E-state index in [1.165, 1.54) is 12.1 Å². The topological polar surface area (TPSA) is 91.0 Å². The zero-order valence-corrected chi connectivity index (χ0v) is 15.8. The van der Waals surface area contributed by atoms with Crippen molar-refractivity contribution in [2.75, 3.05) is 7.11 Å². The second-order valence-corrected chi connectivity index (χ2v) is 6.70. The fourth-order valence-electron chi connectivity index (χ4n) is 2.72. The fourth-order valence-corrected chi connectivity index (χ4v) is 3.44. The third kappa shape index (κ3) is 3.42. The molecule has 0 amide bonds. The highest BCUT2D eigenvalue weighted by atomic mass is 79.9. The van der Waals surface area contributed by atoms with Gasteiger partial charge in [-0.25, -0.2) is 4.79 Å². The maximum absolute atomic E-state index is 12.3. The zero-order chi connectivity index (χ0) is 18.8. The van der Waals surface area contributed by atoms with E-state index in [4.69, 9.17) is 21.2 Å². The van der Waals surface area contributed by atoms with E-state index < -0.39 is 10.9 Å². The predicted octanol–water partition coefficient (Wildman–Crippen LogP) is 4.53. The quantitative estimate of drug-likeness (QED) is 0.397. The van der Waals surface area contributed by atoms with Gasteiger partial charge in [0.25, 0.3) is 5.69 Å². The van der Waals surface area contributed by atoms with Crippen LogP contribution in [0.2, 0.25) is 5.02 Å². The van der Waals surface area contributed by atoms with Crippen LogP contribution in [-0.2, 0) is 11.3 Å². The third-order valence-electron chi connectivity index (χ3n) is 3.96. The van der Waals surface area contributed by atoms with Crippen molar-refractivity contribution in [3.05, 3.63) is 66.6 Å². The summed E-state index contributed by atoms with van der Waals surface area (Å²) in [5.74, 6) is -0.238. The number of hydrogen-bond donors (Lipinski definition) is 0. The Hall–Kier alpha value is -2.45. The summed E-state index contributed by atoms with van der Waals surface area (Å²) in [5, 5.41) is 14.9. The molecule has 0 radical (unpaired) electrons. The fraction of sp³-hybridized carbons (Fsp3) is 0.176. The Kier molecular flexibility index (Phi) is 5.24. The van der Waals surface area contributed by atoms with Crippen LogP contribution in [0, 0.1) is 10.1 Å². The van der Waals surface area contributed by atoms with E-state index in [9.17, 15) is 14.9 Å². The molecule has 9 heteroatoms. The first-order chi connectivity index (χ1) is 12.4. The van der Waals surface area contributed by atoms with Gasteiger partial charge in [0.2, 0.25) is 0 Å². The van der Waals surface area contributed by atoms with Crippen LogP contribution in [0.4, 0.5) is 5.69 Å². The van der Waals surface area contributed by atoms with E-state index in [-0.39, 0.29) is 16.3 Å². The van der Waals surface area contributed by atoms with Gasteiger partial charge in [-0.3, -0.25) is 10.1 Å². The lowest BCUT2D eigenvalue weighted by Crippen LogP contribution is -2.06. The van der Waals surface area contributed by atoms with E-state index in [0.717, 1.165) is 28.1 Å². The number of oxime groups is 1. The smallest absolute Gasteiger partial charge is 0.367 e. The molecule has 26 heavy (non-hydrogen) atoms. The van der Waals surface area contributed by atoms with E-state index in [2.05, 4.69) is 21.1 Å². The normalized spacial score (nSPS) is 14.2. The molecule has 0 bridgehead atoms. The van der Waals surface area contributed by atoms with Crippen molar-refractivity contribution in [1.29, 1.82) is 0 Å². The van der Waals surface area contributed by atoms with E-state index >= 15 is 0 Å². The molecule has 7 nitrogen and oxygen atoms in total. The second-order valence-electron chi connectivity index (χ2n) is 5.44. The van der Waals surface area contributed by atoms with Crippen LogP contribution in [0.3, 0.4) is 0 Å². The van der Waals surface area contributed by atoms with Gasteiger partial charge >= 0.3 is 5.97 Å². The third-order valence-corrected chi connectivity index (χ3v) is 5.03. The van der Waals surface area contributed by atoms with Crippen LogP contribution in [0.15, 0.2) is 40.0 Å². The minimum atomic E-state index is -0.867. The first kappa shape index (κ1) is 18.3. The van der Waals surface area contributed by atoms with Gasteiger partial charge in [0.15, 0.2) is 0 Å². The van der Waals surface area contributed by atoms with Crippen LogP contribution < -0.4 is 4.74 Å². The van der Waals surface area contributed by atoms with E-state index in [0.29, 0.717) is 17.9 Å². The number of methoxy groups -OCH3 is 1. The van der Waals surface area contributed by atoms with Crippen LogP contribution in [0.5, 0.6) is 5.75 Å². The lowest BCUT2D eigenvalue weighted by atomic mass is 10.1. The van der Waals surface area contributed by atoms with Gasteiger partial charge in [0.1, 0.15) is 5.75 Å². The summed E-state index contributed by atoms with van der Waals surface area (Å²) < 4.78 is 6.28. The first-order valence-corrected chi connectivity index (χ1v) is 8.67. The number of rotatable bonds is 4. The highest BCUT2D eigenvalue weighted by molar-refractivity contribution is 9.10. The van der Waals surface area contributed by atoms with Crippen molar-refractivity contribution in [3.8, 4) is 5.75 Å². The second kappa shape index (κ2) is 7.43. The Morgan fingerprint density at radius 2 is 2.08 bits per heavy atom. The van der Waals surface area contributed by atoms with Crippen molar-refractivity contribution in [1.82, 2.24) is 0 Å². The molecule has 0 atom stereocenters. The lowest BCUT2D eigenvalue weighted by molar-refractivity contribution is -0.384. The molecule has 2 aromatic rings. The molecule has 0 aliphatic heterocycles. The van der Waals surface area contributed by atoms with Gasteiger partial charge in [0, 0.05) is 22.2 Å². The van der Waals surface area contributed by atoms with Gasteiger partial charge < -0.3 is 9.57 Å². The molecule has 0 heterocycles. The molecule has 0 N–H and O–H groups in total. The molecular formula is C17H12BrClN2O5. The molecule has 3 rings (SSSR count). The SMILES string of the molecule is COc1ccc(Br)c2c1/C(=N\OC(=O)c1cc([N+](=O)[O-])ccc1Cl)CC2. The Balaban J connectivity index is 1.89. The van der Waals surface area contributed by atoms with Crippen molar-refractivity contribution >= 4 is 44.9 Å². The summed E-state index contributed by atoms with van der Waals surface area (Å²) in [4.78, 5) is 27.5. The number of nitro groups is 1. The number of fused-ring (bicyclic) bond motifs is 1. The van der Waals surface area contributed by atoms with Crippen molar-refractivity contribution in [2.24, 2.45) is 5.16 Å². The summed E-state index contributed by atoms with van der Waals surface area (Å²) in [5.41, 5.74) is 1.98. The monoisotopic (exact) mass is 438 g/mol. The number of nitrogens with zero attached hydrogens (tertiary/aromatic N) is 2. The molecule has 0 aromatic heterocycles. The summed E-state index contributed by atoms with van der Waals surface area (Å²) in [7, 11) is 1.55. The predicted molar refractivity (Wildman–Crippen MR) is 99.1 cm³/mol. The summed E-state index contributed by atoms with van der Waals surface area (Å²) >= 11 is 9.43. The highest BCUT2D eigenvalue weighted by Gasteiger charge is 2.26. The molecule has 0 fully saturated rings. The molecule has 0 unspecified atom stereocenters. The minimum Gasteiger partial charge on any atom is -0.496 e. The maximum atomic E-state index is 12.3. The average molecular weight is 440 g/mol. The van der Waals surface area contributed by atoms with Crippen LogP contribution in [-0.4, -0.2) is 23.7 Å². The van der Waals surface area contributed by atoms with Crippen molar-refractivity contribution < 1.29 is 19.3 Å². The minimum absolute atomic E-state index is 0.0490. The van der Waals surface area contributed by atoms with Crippen molar-refractivity contribution in [3.63, 3.8) is 0 Å². The molecule has 0 saturated carbocycles. The van der Waals surface area contributed by atoms with Gasteiger partial charge in [-0.2, -0.15) is 0 Å². The lowest BCUT2D eigenvalue weighted by Gasteiger charge is -2.09. The Morgan fingerprint density at radius 3 is 2.77 bits per heavy atom. The van der Waals surface area contributed by atoms with Crippen LogP contribution >= 0.6 is 27.5 Å². The number of carbonyl (C=O) groups excluding carboxylic acids is 1. The summed E-state index contributed by atoms with van der Waals surface area (Å²) in [6.07, 6.45) is 1.30. The number of hydrogen-bond acceptors (Lipinski definition) is 6. The molecule has 2 aromatic carbocycles. The Morgan fingerprint density at radius 1 is 1.31 bits per heavy atom. The van der Waals surface area contributed by atoms with Crippen LogP contribution in [0.1, 0.15) is 27.9 Å². The Bertz CT molecular complexity index is 945. The summed E-state index contributed by atoms with van der Waals surface area (Å²) in [6, 6.07) is 7.22. The average Bonchev–Trinajstić information content (AvgIpc) is 3.05. The van der Waals surface area contributed by atoms with E-state index in [1.54, 1.807) is 13.2 Å². The zero-order valence-electron chi connectivity index (χ0n) is 13.5. The number of nitro benzene ring substituents is 1. The van der Waals surface area contributed by atoms with E-state index in [1.807, 2.05) is 6.07 Å². The number of non-ortho nitro benzene ring substituents is 1. The largest absolute Gasteiger partial charge is 0.496 e. The summed E-state index contributed by atoms with van der Waals surface area (Å²) in [6.45, 7) is 0. The standard InChI is InChI=1S/C17H12BrClN2O5/c1-25-15-7-4-12(18)10-3-6-14(16(10)15)20-26-17(22)11-8-9(21(23)24)2-5-13(11)19/h2,4-5,7-8H,3,6H2,1H3/b20-14-. The van der Waals surface area contributed by atoms with Gasteiger partial charge in [-0.1, -0.05) is 32.7 Å². The number of benzene rings is 2. The number of ether oxygens (including phenoxy) is 1. The number of halogens is 2. The molecule has 0 spiro atoms. The number of carbonyl (C=O) groups is 1. The molecule has 134 valence electrons. The van der Waals surface area contributed by atoms with Crippen LogP contribution in [0.25, 0.3) is 0 Å². The van der Waals surface area contributed by atoms with Gasteiger partial charge in [0.05, 0.1) is 28.3 Å².